The van der Waals surface area contributed by atoms with E-state index >= 15 is 0 Å². The van der Waals surface area contributed by atoms with Crippen molar-refractivity contribution in [3.63, 3.8) is 0 Å². The minimum absolute atomic E-state index is 0.128. The van der Waals surface area contributed by atoms with Gasteiger partial charge in [-0.05, 0) is 35.4 Å². The van der Waals surface area contributed by atoms with Crippen molar-refractivity contribution in [1.29, 1.82) is 0 Å². The van der Waals surface area contributed by atoms with Crippen molar-refractivity contribution in [1.82, 2.24) is 4.98 Å². The SMILES string of the molecule is C[C@@H]1CCc2c(CO)cncc21. The van der Waals surface area contributed by atoms with E-state index in [0.29, 0.717) is 5.92 Å². The van der Waals surface area contributed by atoms with Crippen molar-refractivity contribution < 1.29 is 5.11 Å². The second kappa shape index (κ2) is 2.87. The smallest absolute Gasteiger partial charge is 0.0699 e. The third-order valence-corrected chi connectivity index (χ3v) is 2.71. The van der Waals surface area contributed by atoms with Crippen LogP contribution in [-0.2, 0) is 13.0 Å². The molecule has 0 radical (unpaired) electrons. The van der Waals surface area contributed by atoms with Gasteiger partial charge in [0.25, 0.3) is 0 Å². The maximum Gasteiger partial charge on any atom is 0.0699 e. The van der Waals surface area contributed by atoms with Gasteiger partial charge in [0.1, 0.15) is 0 Å². The fourth-order valence-corrected chi connectivity index (χ4v) is 1.93. The molecule has 12 heavy (non-hydrogen) atoms. The summed E-state index contributed by atoms with van der Waals surface area (Å²) in [6, 6.07) is 0. The molecule has 64 valence electrons. The predicted molar refractivity (Wildman–Crippen MR) is 46.9 cm³/mol. The first-order valence-corrected chi connectivity index (χ1v) is 4.39. The van der Waals surface area contributed by atoms with E-state index in [1.807, 2.05) is 6.20 Å². The number of aliphatic hydroxyl groups is 1. The molecule has 1 aliphatic rings. The van der Waals surface area contributed by atoms with Gasteiger partial charge in [-0.3, -0.25) is 4.98 Å². The maximum absolute atomic E-state index is 9.05. The molecule has 0 saturated carbocycles. The van der Waals surface area contributed by atoms with Crippen molar-refractivity contribution in [3.05, 3.63) is 29.1 Å². The highest BCUT2D eigenvalue weighted by atomic mass is 16.3. The summed E-state index contributed by atoms with van der Waals surface area (Å²) >= 11 is 0. The highest BCUT2D eigenvalue weighted by Crippen LogP contribution is 2.33. The monoisotopic (exact) mass is 163 g/mol. The number of fused-ring (bicyclic) bond motifs is 1. The summed E-state index contributed by atoms with van der Waals surface area (Å²) in [4.78, 5) is 4.12. The topological polar surface area (TPSA) is 33.1 Å². The lowest BCUT2D eigenvalue weighted by Crippen LogP contribution is -1.95. The van der Waals surface area contributed by atoms with Gasteiger partial charge in [0.2, 0.25) is 0 Å². The van der Waals surface area contributed by atoms with Crippen LogP contribution in [0.25, 0.3) is 0 Å². The van der Waals surface area contributed by atoms with Crippen molar-refractivity contribution in [2.24, 2.45) is 0 Å². The lowest BCUT2D eigenvalue weighted by molar-refractivity contribution is 0.280. The van der Waals surface area contributed by atoms with Gasteiger partial charge in [-0.15, -0.1) is 0 Å². The Morgan fingerprint density at radius 1 is 1.58 bits per heavy atom. The third-order valence-electron chi connectivity index (χ3n) is 2.71. The minimum Gasteiger partial charge on any atom is -0.392 e. The van der Waals surface area contributed by atoms with Crippen molar-refractivity contribution in [3.8, 4) is 0 Å². The van der Waals surface area contributed by atoms with Gasteiger partial charge in [0.15, 0.2) is 0 Å². The maximum atomic E-state index is 9.05. The molecule has 1 atom stereocenters. The zero-order chi connectivity index (χ0) is 8.55. The van der Waals surface area contributed by atoms with Gasteiger partial charge in [-0.2, -0.15) is 0 Å². The van der Waals surface area contributed by atoms with E-state index < -0.39 is 0 Å². The first-order valence-electron chi connectivity index (χ1n) is 4.39. The number of hydrogen-bond acceptors (Lipinski definition) is 2. The molecule has 0 aliphatic heterocycles. The normalized spacial score (nSPS) is 21.0. The quantitative estimate of drug-likeness (QED) is 0.682. The zero-order valence-electron chi connectivity index (χ0n) is 7.25. The average Bonchev–Trinajstić information content (AvgIpc) is 2.48. The number of rotatable bonds is 1. The summed E-state index contributed by atoms with van der Waals surface area (Å²) in [5.41, 5.74) is 3.68. The lowest BCUT2D eigenvalue weighted by Gasteiger charge is -2.05. The van der Waals surface area contributed by atoms with Gasteiger partial charge >= 0.3 is 0 Å². The molecule has 1 aromatic heterocycles. The van der Waals surface area contributed by atoms with Crippen molar-refractivity contribution in [2.45, 2.75) is 32.3 Å². The van der Waals surface area contributed by atoms with Crippen molar-refractivity contribution in [2.75, 3.05) is 0 Å². The number of hydrogen-bond donors (Lipinski definition) is 1. The highest BCUT2D eigenvalue weighted by molar-refractivity contribution is 5.37. The first kappa shape index (κ1) is 7.74. The van der Waals surface area contributed by atoms with E-state index in [9.17, 15) is 0 Å². The Morgan fingerprint density at radius 2 is 2.42 bits per heavy atom. The van der Waals surface area contributed by atoms with Crippen LogP contribution < -0.4 is 0 Å². The molecule has 0 saturated heterocycles. The summed E-state index contributed by atoms with van der Waals surface area (Å²) in [6.45, 7) is 2.34. The summed E-state index contributed by atoms with van der Waals surface area (Å²) in [5.74, 6) is 0.624. The summed E-state index contributed by atoms with van der Waals surface area (Å²) in [6.07, 6.45) is 6.02. The molecule has 0 amide bonds. The Bertz CT molecular complexity index is 296. The molecular formula is C10H13NO. The number of pyridine rings is 1. The first-order chi connectivity index (χ1) is 5.83. The molecule has 2 rings (SSSR count). The van der Waals surface area contributed by atoms with Crippen LogP contribution in [0.1, 0.15) is 36.0 Å². The zero-order valence-corrected chi connectivity index (χ0v) is 7.25. The van der Waals surface area contributed by atoms with Gasteiger partial charge in [-0.25, -0.2) is 0 Å². The van der Waals surface area contributed by atoms with Crippen LogP contribution in [0, 0.1) is 0 Å². The predicted octanol–water partition coefficient (Wildman–Crippen LogP) is 1.62. The van der Waals surface area contributed by atoms with Crippen LogP contribution in [0.2, 0.25) is 0 Å². The molecule has 0 bridgehead atoms. The summed E-state index contributed by atoms with van der Waals surface area (Å²) < 4.78 is 0. The molecular weight excluding hydrogens is 150 g/mol. The van der Waals surface area contributed by atoms with Crippen LogP contribution in [-0.4, -0.2) is 10.1 Å². The molecule has 1 aliphatic carbocycles. The minimum atomic E-state index is 0.128. The van der Waals surface area contributed by atoms with Gasteiger partial charge in [0, 0.05) is 12.4 Å². The average molecular weight is 163 g/mol. The Kier molecular flexibility index (Phi) is 1.85. The number of aromatic nitrogens is 1. The van der Waals surface area contributed by atoms with E-state index in [1.165, 1.54) is 17.5 Å². The largest absolute Gasteiger partial charge is 0.392 e. The van der Waals surface area contributed by atoms with Crippen molar-refractivity contribution >= 4 is 0 Å². The molecule has 2 heteroatoms. The van der Waals surface area contributed by atoms with Crippen LogP contribution in [0.15, 0.2) is 12.4 Å². The van der Waals surface area contributed by atoms with E-state index in [4.69, 9.17) is 5.11 Å². The van der Waals surface area contributed by atoms with Gasteiger partial charge < -0.3 is 5.11 Å². The Morgan fingerprint density at radius 3 is 3.17 bits per heavy atom. The summed E-state index contributed by atoms with van der Waals surface area (Å²) in [7, 11) is 0. The molecule has 1 aromatic rings. The highest BCUT2D eigenvalue weighted by Gasteiger charge is 2.20. The second-order valence-corrected chi connectivity index (χ2v) is 3.46. The van der Waals surface area contributed by atoms with Crippen LogP contribution in [0.5, 0.6) is 0 Å². The molecule has 1 N–H and O–H groups in total. The summed E-state index contributed by atoms with van der Waals surface area (Å²) in [5, 5.41) is 9.05. The Labute approximate surface area is 72.3 Å². The van der Waals surface area contributed by atoms with Gasteiger partial charge in [-0.1, -0.05) is 6.92 Å². The van der Waals surface area contributed by atoms with E-state index in [0.717, 1.165) is 12.0 Å². The standard InChI is InChI=1S/C10H13NO/c1-7-2-3-9-8(6-12)4-11-5-10(7)9/h4-5,7,12H,2-3,6H2,1H3/t7-/m1/s1. The van der Waals surface area contributed by atoms with Crippen LogP contribution in [0.3, 0.4) is 0 Å². The molecule has 0 unspecified atom stereocenters. The molecule has 0 aromatic carbocycles. The van der Waals surface area contributed by atoms with E-state index in [2.05, 4.69) is 11.9 Å². The van der Waals surface area contributed by atoms with E-state index in [-0.39, 0.29) is 6.61 Å². The Balaban J connectivity index is 2.50. The number of nitrogens with zero attached hydrogens (tertiary/aromatic N) is 1. The molecule has 2 nitrogen and oxygen atoms in total. The molecule has 1 heterocycles. The fraction of sp³-hybridized carbons (Fsp3) is 0.500. The van der Waals surface area contributed by atoms with E-state index in [1.54, 1.807) is 6.20 Å². The number of aliphatic hydroxyl groups excluding tert-OH is 1. The molecule has 0 spiro atoms. The van der Waals surface area contributed by atoms with Crippen LogP contribution >= 0.6 is 0 Å². The second-order valence-electron chi connectivity index (χ2n) is 3.46. The fourth-order valence-electron chi connectivity index (χ4n) is 1.93. The molecule has 0 fully saturated rings. The van der Waals surface area contributed by atoms with Gasteiger partial charge in [0.05, 0.1) is 6.61 Å². The van der Waals surface area contributed by atoms with Crippen LogP contribution in [0.4, 0.5) is 0 Å². The Hall–Kier alpha value is -0.890. The third kappa shape index (κ3) is 1.03. The lowest BCUT2D eigenvalue weighted by atomic mass is 10.0.